The summed E-state index contributed by atoms with van der Waals surface area (Å²) in [6.45, 7) is 0.879. The molecule has 7 nitrogen and oxygen atoms in total. The van der Waals surface area contributed by atoms with Crippen molar-refractivity contribution in [3.63, 3.8) is 0 Å². The van der Waals surface area contributed by atoms with E-state index in [1.807, 2.05) is 24.3 Å². The van der Waals surface area contributed by atoms with Gasteiger partial charge in [-0.2, -0.15) is 0 Å². The van der Waals surface area contributed by atoms with E-state index in [1.165, 1.54) is 12.1 Å². The van der Waals surface area contributed by atoms with Crippen molar-refractivity contribution in [3.8, 4) is 5.75 Å². The van der Waals surface area contributed by atoms with Gasteiger partial charge in [0.2, 0.25) is 10.0 Å². The summed E-state index contributed by atoms with van der Waals surface area (Å²) in [4.78, 5) is 12.1. The third-order valence-corrected chi connectivity index (χ3v) is 5.09. The minimum absolute atomic E-state index is 0.0704. The third kappa shape index (κ3) is 4.74. The summed E-state index contributed by atoms with van der Waals surface area (Å²) in [5, 5.41) is 10.8. The van der Waals surface area contributed by atoms with Gasteiger partial charge in [0.1, 0.15) is 12.4 Å². The van der Waals surface area contributed by atoms with E-state index in [0.29, 0.717) is 19.6 Å². The number of para-hydroxylation sites is 1. The number of fused-ring (bicyclic) bond motifs is 1. The Hall–Kier alpha value is -2.58. The minimum Gasteiger partial charge on any atom is -0.491 e. The summed E-state index contributed by atoms with van der Waals surface area (Å²) in [6.07, 6.45) is 1.32. The molecule has 0 bridgehead atoms. The highest BCUT2D eigenvalue weighted by Gasteiger charge is 2.20. The molecule has 0 fully saturated rings. The predicted molar refractivity (Wildman–Crippen MR) is 97.5 cm³/mol. The lowest BCUT2D eigenvalue weighted by Gasteiger charge is -2.26. The number of primary sulfonamides is 1. The van der Waals surface area contributed by atoms with Gasteiger partial charge in [0.15, 0.2) is 0 Å². The maximum Gasteiger partial charge on any atom is 0.315 e. The average Bonchev–Trinajstić information content (AvgIpc) is 2.61. The Balaban J connectivity index is 1.43. The molecule has 1 heterocycles. The Bertz CT molecular complexity index is 882. The molecule has 26 heavy (non-hydrogen) atoms. The Morgan fingerprint density at radius 1 is 1.15 bits per heavy atom. The van der Waals surface area contributed by atoms with E-state index in [2.05, 4.69) is 10.6 Å². The lowest BCUT2D eigenvalue weighted by atomic mass is 10.0. The van der Waals surface area contributed by atoms with Crippen molar-refractivity contribution < 1.29 is 17.9 Å². The number of rotatable bonds is 5. The molecule has 4 N–H and O–H groups in total. The van der Waals surface area contributed by atoms with Crippen LogP contribution in [0, 0.1) is 0 Å². The molecule has 138 valence electrons. The fraction of sp³-hybridized carbons (Fsp3) is 0.278. The van der Waals surface area contributed by atoms with Gasteiger partial charge in [0, 0.05) is 6.54 Å². The summed E-state index contributed by atoms with van der Waals surface area (Å²) < 4.78 is 28.1. The number of ether oxygens (including phenoxy) is 1. The summed E-state index contributed by atoms with van der Waals surface area (Å²) >= 11 is 0. The molecule has 1 atom stereocenters. The summed E-state index contributed by atoms with van der Waals surface area (Å²) in [5.41, 5.74) is 1.99. The van der Waals surface area contributed by atoms with Crippen molar-refractivity contribution in [1.82, 2.24) is 10.6 Å². The first-order chi connectivity index (χ1) is 12.4. The van der Waals surface area contributed by atoms with Crippen LogP contribution in [0.2, 0.25) is 0 Å². The molecule has 0 spiro atoms. The molecule has 0 radical (unpaired) electrons. The Kier molecular flexibility index (Phi) is 5.43. The number of carbonyl (C=O) groups is 1. The van der Waals surface area contributed by atoms with Crippen LogP contribution in [0.1, 0.15) is 11.1 Å². The maximum absolute atomic E-state index is 12.0. The topological polar surface area (TPSA) is 111 Å². The number of nitrogens with two attached hydrogens (primary N) is 1. The Morgan fingerprint density at radius 3 is 2.62 bits per heavy atom. The van der Waals surface area contributed by atoms with Gasteiger partial charge in [-0.05, 0) is 42.2 Å². The number of benzene rings is 2. The quantitative estimate of drug-likeness (QED) is 0.729. The van der Waals surface area contributed by atoms with Crippen molar-refractivity contribution in [2.75, 3.05) is 13.2 Å². The van der Waals surface area contributed by atoms with E-state index < -0.39 is 10.0 Å². The lowest BCUT2D eigenvalue weighted by molar-refractivity contribution is 0.214. The van der Waals surface area contributed by atoms with Crippen molar-refractivity contribution in [2.45, 2.75) is 23.8 Å². The van der Waals surface area contributed by atoms with Gasteiger partial charge in [-0.15, -0.1) is 0 Å². The summed E-state index contributed by atoms with van der Waals surface area (Å²) in [5.74, 6) is 0.869. The average molecular weight is 375 g/mol. The van der Waals surface area contributed by atoms with E-state index in [1.54, 1.807) is 12.1 Å². The molecule has 2 aromatic rings. The zero-order chi connectivity index (χ0) is 18.6. The van der Waals surface area contributed by atoms with Crippen LogP contribution in [0.25, 0.3) is 0 Å². The number of urea groups is 1. The van der Waals surface area contributed by atoms with E-state index in [9.17, 15) is 13.2 Å². The van der Waals surface area contributed by atoms with Crippen LogP contribution in [-0.2, 0) is 22.9 Å². The van der Waals surface area contributed by atoms with Crippen molar-refractivity contribution in [1.29, 1.82) is 0 Å². The van der Waals surface area contributed by atoms with Crippen molar-refractivity contribution in [2.24, 2.45) is 5.14 Å². The largest absolute Gasteiger partial charge is 0.491 e. The van der Waals surface area contributed by atoms with Gasteiger partial charge in [0.25, 0.3) is 0 Å². The Morgan fingerprint density at radius 2 is 1.88 bits per heavy atom. The van der Waals surface area contributed by atoms with Crippen LogP contribution in [0.3, 0.4) is 0 Å². The molecular weight excluding hydrogens is 354 g/mol. The molecule has 2 amide bonds. The van der Waals surface area contributed by atoms with Crippen LogP contribution in [0.15, 0.2) is 53.4 Å². The molecule has 1 aliphatic heterocycles. The molecule has 0 aliphatic carbocycles. The summed E-state index contributed by atoms with van der Waals surface area (Å²) in [6, 6.07) is 13.8. The van der Waals surface area contributed by atoms with Gasteiger partial charge in [0.05, 0.1) is 10.9 Å². The minimum atomic E-state index is -3.68. The lowest BCUT2D eigenvalue weighted by Crippen LogP contribution is -2.47. The van der Waals surface area contributed by atoms with E-state index in [-0.39, 0.29) is 17.0 Å². The van der Waals surface area contributed by atoms with Crippen LogP contribution in [-0.4, -0.2) is 33.6 Å². The first kappa shape index (κ1) is 18.2. The first-order valence-corrected chi connectivity index (χ1v) is 9.83. The van der Waals surface area contributed by atoms with Gasteiger partial charge in [-0.3, -0.25) is 0 Å². The molecule has 2 aromatic carbocycles. The highest BCUT2D eigenvalue weighted by molar-refractivity contribution is 7.89. The van der Waals surface area contributed by atoms with E-state index in [4.69, 9.17) is 9.88 Å². The smallest absolute Gasteiger partial charge is 0.315 e. The van der Waals surface area contributed by atoms with Crippen molar-refractivity contribution in [3.05, 3.63) is 59.7 Å². The monoisotopic (exact) mass is 375 g/mol. The van der Waals surface area contributed by atoms with Crippen LogP contribution < -0.4 is 20.5 Å². The SMILES string of the molecule is NS(=O)(=O)c1ccc(CCNC(=O)N[C@@H]2COc3ccccc3C2)cc1. The number of hydrogen-bond acceptors (Lipinski definition) is 4. The number of carbonyl (C=O) groups excluding carboxylic acids is 1. The highest BCUT2D eigenvalue weighted by Crippen LogP contribution is 2.23. The molecule has 1 aliphatic rings. The molecule has 0 saturated carbocycles. The van der Waals surface area contributed by atoms with Gasteiger partial charge >= 0.3 is 6.03 Å². The van der Waals surface area contributed by atoms with Crippen molar-refractivity contribution >= 4 is 16.1 Å². The fourth-order valence-corrected chi connectivity index (χ4v) is 3.34. The Labute approximate surface area is 152 Å². The first-order valence-electron chi connectivity index (χ1n) is 8.28. The number of hydrogen-bond donors (Lipinski definition) is 3. The molecule has 0 saturated heterocycles. The molecular formula is C18H21N3O4S. The van der Waals surface area contributed by atoms with Crippen LogP contribution in [0.4, 0.5) is 4.79 Å². The van der Waals surface area contributed by atoms with Gasteiger partial charge in [-0.1, -0.05) is 30.3 Å². The molecule has 8 heteroatoms. The maximum atomic E-state index is 12.0. The molecule has 0 unspecified atom stereocenters. The van der Waals surface area contributed by atoms with Gasteiger partial charge < -0.3 is 15.4 Å². The zero-order valence-electron chi connectivity index (χ0n) is 14.1. The number of amides is 2. The standard InChI is InChI=1S/C18H21N3O4S/c19-26(23,24)16-7-5-13(6-8-16)9-10-20-18(22)21-15-11-14-3-1-2-4-17(14)25-12-15/h1-8,15H,9-12H2,(H2,19,23,24)(H2,20,21,22)/t15-/m0/s1. The number of sulfonamides is 1. The second-order valence-electron chi connectivity index (χ2n) is 6.16. The zero-order valence-corrected chi connectivity index (χ0v) is 15.0. The number of nitrogens with one attached hydrogen (secondary N) is 2. The second kappa shape index (κ2) is 7.76. The fourth-order valence-electron chi connectivity index (χ4n) is 2.82. The van der Waals surface area contributed by atoms with Crippen LogP contribution >= 0.6 is 0 Å². The van der Waals surface area contributed by atoms with Gasteiger partial charge in [-0.25, -0.2) is 18.4 Å². The second-order valence-corrected chi connectivity index (χ2v) is 7.72. The van der Waals surface area contributed by atoms with E-state index in [0.717, 1.165) is 23.3 Å². The molecule has 3 rings (SSSR count). The summed E-state index contributed by atoms with van der Waals surface area (Å²) in [7, 11) is -3.68. The van der Waals surface area contributed by atoms with E-state index >= 15 is 0 Å². The third-order valence-electron chi connectivity index (χ3n) is 4.17. The predicted octanol–water partition coefficient (Wildman–Crippen LogP) is 1.18. The molecule has 0 aromatic heterocycles. The highest BCUT2D eigenvalue weighted by atomic mass is 32.2. The normalized spacial score (nSPS) is 16.3. The van der Waals surface area contributed by atoms with Crippen LogP contribution in [0.5, 0.6) is 5.75 Å².